The minimum atomic E-state index is -1.75. The molecule has 0 radical (unpaired) electrons. The molecule has 20 N–H and O–H groups in total. The smallest absolute Gasteiger partial charge is 0.326 e. The van der Waals surface area contributed by atoms with Crippen molar-refractivity contribution in [2.24, 2.45) is 27.9 Å². The number of carboxylic acid groups (broad SMARTS) is 4. The summed E-state index contributed by atoms with van der Waals surface area (Å²) in [5.41, 5.74) is 22.2. The summed E-state index contributed by atoms with van der Waals surface area (Å²) >= 11 is 0. The first-order chi connectivity index (χ1) is 32.9. The normalized spacial score (nSPS) is 19.8. The third-order valence-corrected chi connectivity index (χ3v) is 12.5. The van der Waals surface area contributed by atoms with Crippen molar-refractivity contribution < 1.29 is 78.0 Å². The van der Waals surface area contributed by atoms with Crippen LogP contribution in [0, 0.1) is 0 Å². The Morgan fingerprint density at radius 3 is 1.77 bits per heavy atom. The van der Waals surface area contributed by atoms with Crippen LogP contribution in [0.2, 0.25) is 0 Å². The third-order valence-electron chi connectivity index (χ3n) is 10.0. The fourth-order valence-corrected chi connectivity index (χ4v) is 8.38. The van der Waals surface area contributed by atoms with E-state index in [1.165, 1.54) is 13.8 Å². The van der Waals surface area contributed by atoms with E-state index in [1.54, 1.807) is 0 Å². The Bertz CT molecular complexity index is 1910. The van der Waals surface area contributed by atoms with Gasteiger partial charge in [-0.05, 0) is 65.3 Å². The molecule has 0 aromatic heterocycles. The highest BCUT2D eigenvalue weighted by molar-refractivity contribution is 8.76. The zero-order chi connectivity index (χ0) is 53.1. The monoisotopic (exact) mass is 1040 g/mol. The molecule has 9 unspecified atom stereocenters. The summed E-state index contributed by atoms with van der Waals surface area (Å²) in [7, 11) is 1.76. The van der Waals surface area contributed by atoms with E-state index in [-0.39, 0.29) is 49.7 Å². The van der Waals surface area contributed by atoms with E-state index in [2.05, 4.69) is 47.5 Å². The van der Waals surface area contributed by atoms with Crippen LogP contribution in [0.15, 0.2) is 4.99 Å². The van der Waals surface area contributed by atoms with E-state index in [1.807, 2.05) is 0 Å². The predicted molar refractivity (Wildman–Crippen MR) is 251 cm³/mol. The molecule has 0 spiro atoms. The first-order valence-corrected chi connectivity index (χ1v) is 24.4. The number of amides is 8. The number of carbonyl (C=O) groups excluding carboxylic acids is 8. The first kappa shape index (κ1) is 61.5. The van der Waals surface area contributed by atoms with Crippen molar-refractivity contribution in [1.82, 2.24) is 42.5 Å². The van der Waals surface area contributed by atoms with Gasteiger partial charge in [0.05, 0.1) is 6.04 Å². The van der Waals surface area contributed by atoms with E-state index < -0.39 is 158 Å². The molecule has 31 heteroatoms. The molecule has 0 saturated carbocycles. The van der Waals surface area contributed by atoms with Gasteiger partial charge in [-0.1, -0.05) is 28.0 Å². The summed E-state index contributed by atoms with van der Waals surface area (Å²) in [6.45, 7) is 2.86. The van der Waals surface area contributed by atoms with Crippen molar-refractivity contribution in [2.75, 3.05) is 24.6 Å². The van der Waals surface area contributed by atoms with E-state index in [0.717, 1.165) is 21.6 Å². The molecule has 70 heavy (non-hydrogen) atoms. The summed E-state index contributed by atoms with van der Waals surface area (Å²) in [6, 6.07) is -13.2. The number of nitrogens with two attached hydrogens (primary N) is 4. The molecule has 29 nitrogen and oxygen atoms in total. The molecule has 0 bridgehead atoms. The van der Waals surface area contributed by atoms with Crippen LogP contribution in [0.3, 0.4) is 0 Å². The number of nitrogens with one attached hydrogen (secondary N) is 8. The average Bonchev–Trinajstić information content (AvgIpc) is 3.27. The van der Waals surface area contributed by atoms with Gasteiger partial charge in [0.2, 0.25) is 47.3 Å². The lowest BCUT2D eigenvalue weighted by Gasteiger charge is -2.28. The molecule has 1 fully saturated rings. The number of carboxylic acids is 4. The molecule has 0 aliphatic carbocycles. The standard InChI is InChI=1S/C39H65N13O16S2/c1-18-30(59)47-21(7-5-15-44-39(42)43)34(63)52-26(37(66)49-23(9-12-28(55)56)35(64)50-24(38(67)68)10-13-29(57)58)17-70-69-16-25(36(65)46-18)51-31(60)19(2)45-33(62)22(8-11-27(53)54)48-32(61)20(41)6-3-4-14-40/h18-26H,3-17,40-41H2,1-2H3,(H,45,62)(H,46,65)(H,47,59)(H,48,61)(H,49,66)(H,50,64)(H,51,60)(H,52,63)(H,53,54)(H,55,56)(H,57,58)(H,67,68)(H4,42,43,44). The van der Waals surface area contributed by atoms with Crippen molar-refractivity contribution in [2.45, 2.75) is 139 Å². The highest BCUT2D eigenvalue weighted by Gasteiger charge is 2.35. The van der Waals surface area contributed by atoms with Crippen LogP contribution in [-0.2, 0) is 57.5 Å². The molecular weight excluding hydrogens is 971 g/mol. The number of guanidine groups is 1. The minimum absolute atomic E-state index is 0.00345. The van der Waals surface area contributed by atoms with Crippen LogP contribution in [0.5, 0.6) is 0 Å². The molecule has 8 amide bonds. The molecule has 1 rings (SSSR count). The van der Waals surface area contributed by atoms with Gasteiger partial charge in [0, 0.05) is 37.3 Å². The fourth-order valence-electron chi connectivity index (χ4n) is 6.06. The van der Waals surface area contributed by atoms with Gasteiger partial charge in [0.25, 0.3) is 0 Å². The van der Waals surface area contributed by atoms with E-state index in [4.69, 9.17) is 28.0 Å². The number of nitrogens with zero attached hydrogens (tertiary/aromatic N) is 1. The lowest BCUT2D eigenvalue weighted by molar-refractivity contribution is -0.144. The Hall–Kier alpha value is -6.47. The van der Waals surface area contributed by atoms with Gasteiger partial charge in [-0.3, -0.25) is 57.7 Å². The summed E-state index contributed by atoms with van der Waals surface area (Å²) in [6.07, 6.45) is -2.16. The van der Waals surface area contributed by atoms with Crippen molar-refractivity contribution in [3.63, 3.8) is 0 Å². The van der Waals surface area contributed by atoms with E-state index in [0.29, 0.717) is 19.4 Å². The molecule has 1 aliphatic heterocycles. The minimum Gasteiger partial charge on any atom is -0.481 e. The maximum Gasteiger partial charge on any atom is 0.326 e. The number of hydrogen-bond donors (Lipinski definition) is 16. The fraction of sp³-hybridized carbons (Fsp3) is 0.667. The summed E-state index contributed by atoms with van der Waals surface area (Å²) in [5, 5.41) is 56.3. The van der Waals surface area contributed by atoms with Crippen molar-refractivity contribution >= 4 is 98.7 Å². The molecular formula is C39H65N13O16S2. The Morgan fingerprint density at radius 1 is 0.671 bits per heavy atom. The van der Waals surface area contributed by atoms with E-state index >= 15 is 0 Å². The number of unbranched alkanes of at least 4 members (excludes halogenated alkanes) is 1. The van der Waals surface area contributed by atoms with Crippen LogP contribution in [0.4, 0.5) is 0 Å². The van der Waals surface area contributed by atoms with Gasteiger partial charge < -0.3 is 85.9 Å². The molecule has 1 heterocycles. The van der Waals surface area contributed by atoms with Crippen molar-refractivity contribution in [1.29, 1.82) is 0 Å². The maximum absolute atomic E-state index is 13.9. The summed E-state index contributed by atoms with van der Waals surface area (Å²) < 4.78 is 0. The summed E-state index contributed by atoms with van der Waals surface area (Å²) in [5.74, 6) is -14.2. The van der Waals surface area contributed by atoms with Crippen LogP contribution in [0.25, 0.3) is 0 Å². The highest BCUT2D eigenvalue weighted by atomic mass is 33.1. The molecule has 0 aromatic carbocycles. The second kappa shape index (κ2) is 32.4. The van der Waals surface area contributed by atoms with Crippen molar-refractivity contribution in [3.8, 4) is 0 Å². The molecule has 9 atom stereocenters. The van der Waals surface area contributed by atoms with Gasteiger partial charge in [-0.25, -0.2) is 4.79 Å². The Balaban J connectivity index is 3.48. The second-order valence-electron chi connectivity index (χ2n) is 15.9. The largest absolute Gasteiger partial charge is 0.481 e. The first-order valence-electron chi connectivity index (χ1n) is 21.9. The van der Waals surface area contributed by atoms with Gasteiger partial charge in [0.15, 0.2) is 5.96 Å². The molecule has 1 saturated heterocycles. The van der Waals surface area contributed by atoms with Crippen LogP contribution >= 0.6 is 21.6 Å². The quantitative estimate of drug-likeness (QED) is 0.0150. The zero-order valence-corrected chi connectivity index (χ0v) is 40.2. The lowest BCUT2D eigenvalue weighted by Crippen LogP contribution is -2.60. The van der Waals surface area contributed by atoms with Gasteiger partial charge in [-0.2, -0.15) is 0 Å². The molecule has 1 aliphatic rings. The van der Waals surface area contributed by atoms with Crippen LogP contribution in [-0.4, -0.2) is 176 Å². The average molecular weight is 1040 g/mol. The van der Waals surface area contributed by atoms with Gasteiger partial charge in [-0.15, -0.1) is 0 Å². The second-order valence-corrected chi connectivity index (χ2v) is 18.4. The summed E-state index contributed by atoms with van der Waals surface area (Å²) in [4.78, 5) is 157. The molecule has 0 aromatic rings. The topological polar surface area (TPSA) is 498 Å². The lowest BCUT2D eigenvalue weighted by atomic mass is 10.1. The SMILES string of the molecule is CC(NC(=O)C(CCC(=O)O)NC(=O)C(N)CCCCN)C(=O)NC1CSSCC(C(=O)NC(CCC(=O)O)C(=O)NC(CCC(=O)O)C(=O)O)NC(=O)C(CCCN=C(N)N)NC(=O)C(C)NC1=O. The molecule has 394 valence electrons. The van der Waals surface area contributed by atoms with Crippen LogP contribution in [0.1, 0.15) is 84.5 Å². The van der Waals surface area contributed by atoms with Crippen LogP contribution < -0.4 is 65.5 Å². The Kier molecular flexibility index (Phi) is 28.5. The Morgan fingerprint density at radius 2 is 1.21 bits per heavy atom. The predicted octanol–water partition coefficient (Wildman–Crippen LogP) is -5.51. The zero-order valence-electron chi connectivity index (χ0n) is 38.6. The van der Waals surface area contributed by atoms with E-state index in [9.17, 15) is 72.9 Å². The van der Waals surface area contributed by atoms with Crippen molar-refractivity contribution in [3.05, 3.63) is 0 Å². The third kappa shape index (κ3) is 24.7. The number of hydrogen-bond acceptors (Lipinski definition) is 17. The van der Waals surface area contributed by atoms with Gasteiger partial charge >= 0.3 is 23.9 Å². The number of aliphatic carboxylic acids is 4. The van der Waals surface area contributed by atoms with Gasteiger partial charge in [0.1, 0.15) is 48.3 Å². The number of aliphatic imine (C=N–C) groups is 1. The Labute approximate surface area is 409 Å². The number of rotatable bonds is 28. The maximum atomic E-state index is 13.9. The number of carbonyl (C=O) groups is 12. The highest BCUT2D eigenvalue weighted by Crippen LogP contribution is 2.24.